The lowest BCUT2D eigenvalue weighted by Gasteiger charge is -2.15. The zero-order valence-electron chi connectivity index (χ0n) is 13.5. The van der Waals surface area contributed by atoms with E-state index in [1.165, 1.54) is 4.57 Å². The summed E-state index contributed by atoms with van der Waals surface area (Å²) in [6.07, 6.45) is 2.34. The molecule has 0 saturated heterocycles. The van der Waals surface area contributed by atoms with Gasteiger partial charge in [0, 0.05) is 24.7 Å². The van der Waals surface area contributed by atoms with Gasteiger partial charge in [0.1, 0.15) is 11.3 Å². The molecule has 0 amide bonds. The van der Waals surface area contributed by atoms with Crippen molar-refractivity contribution in [2.75, 3.05) is 7.11 Å². The molecule has 3 aromatic rings. The number of aryl methyl sites for hydroxylation is 1. The number of benzene rings is 1. The number of aromatic nitrogens is 3. The van der Waals surface area contributed by atoms with Crippen molar-refractivity contribution in [3.05, 3.63) is 45.2 Å². The zero-order valence-corrected chi connectivity index (χ0v) is 13.5. The average molecular weight is 313 g/mol. The molecule has 0 saturated carbocycles. The molecule has 2 aromatic heterocycles. The van der Waals surface area contributed by atoms with Crippen molar-refractivity contribution >= 4 is 21.8 Å². The Bertz CT molecular complexity index is 1000. The molecule has 0 aliphatic heterocycles. The molecule has 0 spiro atoms. The molecule has 0 radical (unpaired) electrons. The summed E-state index contributed by atoms with van der Waals surface area (Å²) in [4.78, 5) is 29.7. The van der Waals surface area contributed by atoms with Crippen LogP contribution in [0, 0.1) is 0 Å². The molecule has 3 rings (SSSR count). The van der Waals surface area contributed by atoms with Gasteiger partial charge in [-0.25, -0.2) is 4.79 Å². The van der Waals surface area contributed by atoms with E-state index in [-0.39, 0.29) is 11.2 Å². The van der Waals surface area contributed by atoms with E-state index < -0.39 is 0 Å². The number of hydrogen-bond donors (Lipinski definition) is 0. The normalized spacial score (nSPS) is 11.3. The van der Waals surface area contributed by atoms with Crippen LogP contribution in [0.15, 0.2) is 34.0 Å². The fraction of sp³-hybridized carbons (Fsp3) is 0.353. The van der Waals surface area contributed by atoms with Gasteiger partial charge in [0.05, 0.1) is 18.0 Å². The summed E-state index contributed by atoms with van der Waals surface area (Å²) in [7, 11) is 1.58. The Labute approximate surface area is 132 Å². The molecule has 0 fully saturated rings. The SMILES string of the molecule is CCCn1c(=O)n(CC)c(=O)c2cnc3c(OC)cccc3c21. The highest BCUT2D eigenvalue weighted by atomic mass is 16.5. The van der Waals surface area contributed by atoms with E-state index in [0.717, 1.165) is 11.8 Å². The standard InChI is InChI=1S/C17H19N3O3/c1-4-9-20-15-11-7-6-8-13(23-3)14(11)18-10-12(15)16(21)19(5-2)17(20)22/h6-8,10H,4-5,9H2,1-3H3. The fourth-order valence-electron chi connectivity index (χ4n) is 2.98. The van der Waals surface area contributed by atoms with Crippen LogP contribution < -0.4 is 16.0 Å². The average Bonchev–Trinajstić information content (AvgIpc) is 2.57. The van der Waals surface area contributed by atoms with Crippen LogP contribution in [-0.2, 0) is 13.1 Å². The van der Waals surface area contributed by atoms with Crippen molar-refractivity contribution in [1.29, 1.82) is 0 Å². The Morgan fingerprint density at radius 3 is 2.57 bits per heavy atom. The third kappa shape index (κ3) is 2.21. The number of fused-ring (bicyclic) bond motifs is 3. The maximum absolute atomic E-state index is 12.7. The Kier molecular flexibility index (Phi) is 3.90. The van der Waals surface area contributed by atoms with Crippen LogP contribution in [0.2, 0.25) is 0 Å². The lowest BCUT2D eigenvalue weighted by atomic mass is 10.1. The maximum atomic E-state index is 12.7. The fourth-order valence-corrected chi connectivity index (χ4v) is 2.98. The molecule has 23 heavy (non-hydrogen) atoms. The molecule has 0 bridgehead atoms. The topological polar surface area (TPSA) is 66.1 Å². The summed E-state index contributed by atoms with van der Waals surface area (Å²) in [6, 6.07) is 5.53. The Hall–Kier alpha value is -2.63. The van der Waals surface area contributed by atoms with Gasteiger partial charge >= 0.3 is 5.69 Å². The predicted molar refractivity (Wildman–Crippen MR) is 90.3 cm³/mol. The van der Waals surface area contributed by atoms with Crippen LogP contribution in [0.5, 0.6) is 5.75 Å². The predicted octanol–water partition coefficient (Wildman–Crippen LogP) is 2.15. The Balaban J connectivity index is 2.61. The number of rotatable bonds is 4. The highest BCUT2D eigenvalue weighted by Gasteiger charge is 2.16. The molecular weight excluding hydrogens is 294 g/mol. The van der Waals surface area contributed by atoms with Gasteiger partial charge in [0.25, 0.3) is 5.56 Å². The molecular formula is C17H19N3O3. The third-order valence-electron chi connectivity index (χ3n) is 4.02. The summed E-state index contributed by atoms with van der Waals surface area (Å²) >= 11 is 0. The molecule has 0 unspecified atom stereocenters. The van der Waals surface area contributed by atoms with Crippen LogP contribution in [0.3, 0.4) is 0 Å². The Morgan fingerprint density at radius 1 is 1.13 bits per heavy atom. The second kappa shape index (κ2) is 5.87. The third-order valence-corrected chi connectivity index (χ3v) is 4.02. The smallest absolute Gasteiger partial charge is 0.331 e. The van der Waals surface area contributed by atoms with Crippen LogP contribution in [0.4, 0.5) is 0 Å². The first kappa shape index (κ1) is 15.3. The second-order valence-corrected chi connectivity index (χ2v) is 5.36. The molecule has 1 aromatic carbocycles. The highest BCUT2D eigenvalue weighted by Crippen LogP contribution is 2.27. The number of hydrogen-bond acceptors (Lipinski definition) is 4. The number of para-hydroxylation sites is 1. The summed E-state index contributed by atoms with van der Waals surface area (Å²) < 4.78 is 8.27. The van der Waals surface area contributed by atoms with E-state index in [2.05, 4.69) is 4.98 Å². The number of methoxy groups -OCH3 is 1. The molecule has 0 aliphatic carbocycles. The molecule has 120 valence electrons. The van der Waals surface area contributed by atoms with Crippen LogP contribution in [0.25, 0.3) is 21.8 Å². The molecule has 0 atom stereocenters. The van der Waals surface area contributed by atoms with Crippen molar-refractivity contribution in [2.45, 2.75) is 33.4 Å². The summed E-state index contributed by atoms with van der Waals surface area (Å²) in [5.74, 6) is 0.625. The second-order valence-electron chi connectivity index (χ2n) is 5.36. The molecule has 6 nitrogen and oxygen atoms in total. The summed E-state index contributed by atoms with van der Waals surface area (Å²) in [5, 5.41) is 1.22. The largest absolute Gasteiger partial charge is 0.494 e. The lowest BCUT2D eigenvalue weighted by Crippen LogP contribution is -2.39. The van der Waals surface area contributed by atoms with Gasteiger partial charge in [-0.05, 0) is 19.4 Å². The van der Waals surface area contributed by atoms with E-state index >= 15 is 0 Å². The van der Waals surface area contributed by atoms with Crippen molar-refractivity contribution in [3.63, 3.8) is 0 Å². The van der Waals surface area contributed by atoms with E-state index in [1.807, 2.05) is 25.1 Å². The highest BCUT2D eigenvalue weighted by molar-refractivity contribution is 6.04. The minimum Gasteiger partial charge on any atom is -0.494 e. The van der Waals surface area contributed by atoms with E-state index in [1.54, 1.807) is 24.8 Å². The van der Waals surface area contributed by atoms with Crippen molar-refractivity contribution in [1.82, 2.24) is 14.1 Å². The first-order chi connectivity index (χ1) is 11.1. The van der Waals surface area contributed by atoms with E-state index in [4.69, 9.17) is 4.74 Å². The van der Waals surface area contributed by atoms with Crippen molar-refractivity contribution in [2.24, 2.45) is 0 Å². The van der Waals surface area contributed by atoms with Crippen LogP contribution >= 0.6 is 0 Å². The van der Waals surface area contributed by atoms with Crippen LogP contribution in [-0.4, -0.2) is 21.2 Å². The lowest BCUT2D eigenvalue weighted by molar-refractivity contribution is 0.419. The van der Waals surface area contributed by atoms with E-state index in [9.17, 15) is 9.59 Å². The van der Waals surface area contributed by atoms with Crippen molar-refractivity contribution < 1.29 is 4.74 Å². The number of ether oxygens (including phenoxy) is 1. The minimum absolute atomic E-state index is 0.276. The van der Waals surface area contributed by atoms with Gasteiger partial charge in [-0.2, -0.15) is 0 Å². The number of nitrogens with zero attached hydrogens (tertiary/aromatic N) is 3. The van der Waals surface area contributed by atoms with Gasteiger partial charge in [0.2, 0.25) is 0 Å². The van der Waals surface area contributed by atoms with Gasteiger partial charge in [0.15, 0.2) is 0 Å². The quantitative estimate of drug-likeness (QED) is 0.692. The van der Waals surface area contributed by atoms with Gasteiger partial charge in [-0.3, -0.25) is 18.9 Å². The summed E-state index contributed by atoms with van der Waals surface area (Å²) in [6.45, 7) is 4.69. The first-order valence-electron chi connectivity index (χ1n) is 7.73. The minimum atomic E-state index is -0.294. The van der Waals surface area contributed by atoms with E-state index in [0.29, 0.717) is 35.3 Å². The first-order valence-corrected chi connectivity index (χ1v) is 7.73. The molecule has 2 heterocycles. The summed E-state index contributed by atoms with van der Waals surface area (Å²) in [5.41, 5.74) is 0.718. The van der Waals surface area contributed by atoms with Crippen LogP contribution in [0.1, 0.15) is 20.3 Å². The Morgan fingerprint density at radius 2 is 1.91 bits per heavy atom. The monoisotopic (exact) mass is 313 g/mol. The molecule has 0 aliphatic rings. The molecule has 6 heteroatoms. The van der Waals surface area contributed by atoms with Gasteiger partial charge in [-0.15, -0.1) is 0 Å². The number of pyridine rings is 1. The van der Waals surface area contributed by atoms with Crippen molar-refractivity contribution in [3.8, 4) is 5.75 Å². The molecule has 0 N–H and O–H groups in total. The van der Waals surface area contributed by atoms with Gasteiger partial charge < -0.3 is 4.74 Å². The maximum Gasteiger partial charge on any atom is 0.331 e. The van der Waals surface area contributed by atoms with Gasteiger partial charge in [-0.1, -0.05) is 19.1 Å². The zero-order chi connectivity index (χ0) is 16.6.